The molecule has 1 atom stereocenters. The van der Waals surface area contributed by atoms with Gasteiger partial charge in [0, 0.05) is 19.6 Å². The van der Waals surface area contributed by atoms with Gasteiger partial charge in [-0.05, 0) is 79.6 Å². The lowest BCUT2D eigenvalue weighted by Crippen LogP contribution is -2.51. The number of carbonyl (C=O) groups is 3. The van der Waals surface area contributed by atoms with Crippen LogP contribution >= 0.6 is 0 Å². The van der Waals surface area contributed by atoms with Crippen LogP contribution in [0, 0.1) is 21.4 Å². The maximum atomic E-state index is 13.2. The van der Waals surface area contributed by atoms with E-state index in [0.717, 1.165) is 19.3 Å². The minimum atomic E-state index is -0.906. The van der Waals surface area contributed by atoms with E-state index in [0.29, 0.717) is 32.0 Å². The molecule has 0 radical (unpaired) electrons. The Balaban J connectivity index is 2.63. The lowest BCUT2D eigenvalue weighted by molar-refractivity contribution is -0.485. The number of alkyl carbamates (subject to hydrolysis) is 1. The first-order valence-corrected chi connectivity index (χ1v) is 12.3. The van der Waals surface area contributed by atoms with Gasteiger partial charge in [-0.2, -0.15) is 0 Å². The molecule has 36 heavy (non-hydrogen) atoms. The SMILES string of the molecule is CC(C)(C)OC(=O)N[C@@H](CCCN/C(N)=N/[N+](=O)[O-])C(=O)N1CCC(CCOC(=O)C(C)(C)C)CC1. The summed E-state index contributed by atoms with van der Waals surface area (Å²) in [6.07, 6.45) is 2.26. The number of nitrogens with one attached hydrogen (secondary N) is 2. The van der Waals surface area contributed by atoms with Crippen LogP contribution in [0.2, 0.25) is 0 Å². The molecule has 1 aliphatic rings. The number of nitrogens with two attached hydrogens (primary N) is 1. The predicted molar refractivity (Wildman–Crippen MR) is 133 cm³/mol. The summed E-state index contributed by atoms with van der Waals surface area (Å²) < 4.78 is 10.7. The Morgan fingerprint density at radius 1 is 1.17 bits per heavy atom. The number of amides is 2. The smallest absolute Gasteiger partial charge is 0.408 e. The molecule has 0 aromatic heterocycles. The average molecular weight is 515 g/mol. The van der Waals surface area contributed by atoms with Gasteiger partial charge in [-0.3, -0.25) is 9.59 Å². The monoisotopic (exact) mass is 514 g/mol. The lowest BCUT2D eigenvalue weighted by atomic mass is 9.93. The number of carbonyl (C=O) groups excluding carboxylic acids is 3. The van der Waals surface area contributed by atoms with Crippen molar-refractivity contribution in [2.24, 2.45) is 22.2 Å². The Hall–Kier alpha value is -3.12. The number of nitrogens with zero attached hydrogens (tertiary/aromatic N) is 3. The highest BCUT2D eigenvalue weighted by atomic mass is 16.7. The van der Waals surface area contributed by atoms with Crippen molar-refractivity contribution < 1.29 is 28.9 Å². The van der Waals surface area contributed by atoms with Gasteiger partial charge in [0.15, 0.2) is 5.03 Å². The zero-order valence-corrected chi connectivity index (χ0v) is 22.3. The third-order valence-electron chi connectivity index (χ3n) is 5.45. The standard InChI is InChI=1S/C23H42N6O7/c1-22(2,3)19(31)35-15-11-16-9-13-28(14-10-16)18(30)17(26-21(32)36-23(4,5)6)8-7-12-25-20(24)27-29(33)34/h16-17H,7-15H2,1-6H3,(H,26,32)(H3,24,25,27)/t17-/m0/s1. The number of piperidine rings is 1. The van der Waals surface area contributed by atoms with Crippen LogP contribution in [0.15, 0.2) is 5.10 Å². The summed E-state index contributed by atoms with van der Waals surface area (Å²) in [5.41, 5.74) is 4.15. The molecule has 0 aromatic rings. The van der Waals surface area contributed by atoms with Crippen LogP contribution in [0.5, 0.6) is 0 Å². The lowest BCUT2D eigenvalue weighted by Gasteiger charge is -2.34. The Labute approximate surface area is 212 Å². The number of rotatable bonds is 10. The number of ether oxygens (including phenoxy) is 2. The molecular weight excluding hydrogens is 472 g/mol. The molecule has 0 spiro atoms. The molecule has 1 saturated heterocycles. The highest BCUT2D eigenvalue weighted by Crippen LogP contribution is 2.23. The van der Waals surface area contributed by atoms with E-state index >= 15 is 0 Å². The van der Waals surface area contributed by atoms with Crippen LogP contribution in [0.1, 0.15) is 73.6 Å². The molecule has 206 valence electrons. The molecule has 1 aliphatic heterocycles. The van der Waals surface area contributed by atoms with Gasteiger partial charge < -0.3 is 30.7 Å². The molecule has 13 nitrogen and oxygen atoms in total. The molecule has 1 fully saturated rings. The van der Waals surface area contributed by atoms with Crippen LogP contribution in [0.3, 0.4) is 0 Å². The van der Waals surface area contributed by atoms with E-state index in [2.05, 4.69) is 15.7 Å². The van der Waals surface area contributed by atoms with E-state index in [1.54, 1.807) is 25.7 Å². The molecular formula is C23H42N6O7. The topological polar surface area (TPSA) is 178 Å². The molecule has 0 saturated carbocycles. The summed E-state index contributed by atoms with van der Waals surface area (Å²) in [4.78, 5) is 49.6. The summed E-state index contributed by atoms with van der Waals surface area (Å²) >= 11 is 0. The van der Waals surface area contributed by atoms with Crippen molar-refractivity contribution in [1.82, 2.24) is 15.5 Å². The van der Waals surface area contributed by atoms with E-state index in [1.165, 1.54) is 0 Å². The van der Waals surface area contributed by atoms with Gasteiger partial charge in [-0.1, -0.05) is 0 Å². The first-order chi connectivity index (χ1) is 16.6. The van der Waals surface area contributed by atoms with E-state index in [9.17, 15) is 24.5 Å². The summed E-state index contributed by atoms with van der Waals surface area (Å²) in [6, 6.07) is -0.820. The normalized spacial score (nSPS) is 16.2. The highest BCUT2D eigenvalue weighted by molar-refractivity contribution is 5.85. The molecule has 0 unspecified atom stereocenters. The fourth-order valence-corrected chi connectivity index (χ4v) is 3.55. The number of hydrazone groups is 1. The van der Waals surface area contributed by atoms with Crippen molar-refractivity contribution >= 4 is 23.9 Å². The van der Waals surface area contributed by atoms with Crippen molar-refractivity contribution in [2.45, 2.75) is 85.3 Å². The van der Waals surface area contributed by atoms with Crippen LogP contribution < -0.4 is 16.4 Å². The number of nitro groups is 1. The molecule has 0 aromatic carbocycles. The van der Waals surface area contributed by atoms with Gasteiger partial charge in [0.2, 0.25) is 5.91 Å². The van der Waals surface area contributed by atoms with E-state index in [1.807, 2.05) is 20.8 Å². The maximum absolute atomic E-state index is 13.2. The number of esters is 1. The average Bonchev–Trinajstić information content (AvgIpc) is 2.73. The predicted octanol–water partition coefficient (Wildman–Crippen LogP) is 1.97. The van der Waals surface area contributed by atoms with E-state index < -0.39 is 28.2 Å². The van der Waals surface area contributed by atoms with Crippen LogP contribution in [0.25, 0.3) is 0 Å². The second-order valence-corrected chi connectivity index (χ2v) is 10.9. The number of guanidine groups is 1. The summed E-state index contributed by atoms with van der Waals surface area (Å²) in [7, 11) is 0. The van der Waals surface area contributed by atoms with Gasteiger partial charge in [0.1, 0.15) is 16.7 Å². The minimum absolute atomic E-state index is 0.217. The van der Waals surface area contributed by atoms with Crippen LogP contribution in [0.4, 0.5) is 4.79 Å². The third kappa shape index (κ3) is 12.5. The second-order valence-electron chi connectivity index (χ2n) is 10.9. The van der Waals surface area contributed by atoms with Gasteiger partial charge in [0.25, 0.3) is 5.96 Å². The maximum Gasteiger partial charge on any atom is 0.408 e. The molecule has 2 amide bonds. The second kappa shape index (κ2) is 13.8. The molecule has 13 heteroatoms. The van der Waals surface area contributed by atoms with Gasteiger partial charge in [0.05, 0.1) is 12.0 Å². The Morgan fingerprint density at radius 3 is 2.31 bits per heavy atom. The molecule has 1 heterocycles. The molecule has 0 aliphatic carbocycles. The van der Waals surface area contributed by atoms with Crippen LogP contribution in [-0.2, 0) is 19.1 Å². The zero-order valence-electron chi connectivity index (χ0n) is 22.3. The summed E-state index contributed by atoms with van der Waals surface area (Å²) in [5.74, 6) is -0.442. The number of hydrogen-bond acceptors (Lipinski definition) is 7. The number of likely N-dealkylation sites (tertiary alicyclic amines) is 1. The molecule has 4 N–H and O–H groups in total. The quantitative estimate of drug-likeness (QED) is 0.0981. The fourth-order valence-electron chi connectivity index (χ4n) is 3.55. The zero-order chi connectivity index (χ0) is 27.5. The van der Waals surface area contributed by atoms with Gasteiger partial charge >= 0.3 is 12.1 Å². The van der Waals surface area contributed by atoms with E-state index in [-0.39, 0.29) is 30.8 Å². The van der Waals surface area contributed by atoms with Gasteiger partial charge in [-0.15, -0.1) is 0 Å². The fraction of sp³-hybridized carbons (Fsp3) is 0.826. The van der Waals surface area contributed by atoms with Crippen molar-refractivity contribution in [3.8, 4) is 0 Å². The first-order valence-electron chi connectivity index (χ1n) is 12.3. The number of hydrogen-bond donors (Lipinski definition) is 3. The van der Waals surface area contributed by atoms with Crippen molar-refractivity contribution in [3.05, 3.63) is 10.1 Å². The minimum Gasteiger partial charge on any atom is -0.465 e. The summed E-state index contributed by atoms with van der Waals surface area (Å²) in [6.45, 7) is 12.3. The Bertz CT molecular complexity index is 796. The van der Waals surface area contributed by atoms with Crippen LogP contribution in [-0.4, -0.2) is 71.7 Å². The third-order valence-corrected chi connectivity index (χ3v) is 5.45. The van der Waals surface area contributed by atoms with Crippen molar-refractivity contribution in [2.75, 3.05) is 26.2 Å². The Morgan fingerprint density at radius 2 is 1.78 bits per heavy atom. The van der Waals surface area contributed by atoms with Gasteiger partial charge in [-0.25, -0.2) is 14.9 Å². The van der Waals surface area contributed by atoms with E-state index in [4.69, 9.17) is 15.2 Å². The Kier molecular flexibility index (Phi) is 11.9. The molecule has 0 bridgehead atoms. The van der Waals surface area contributed by atoms with Crippen molar-refractivity contribution in [3.63, 3.8) is 0 Å². The van der Waals surface area contributed by atoms with Crippen molar-refractivity contribution in [1.29, 1.82) is 0 Å². The summed E-state index contributed by atoms with van der Waals surface area (Å²) in [5, 5.41) is 17.7. The highest BCUT2D eigenvalue weighted by Gasteiger charge is 2.31. The molecule has 1 rings (SSSR count). The largest absolute Gasteiger partial charge is 0.465 e. The first kappa shape index (κ1) is 30.9.